The van der Waals surface area contributed by atoms with Gasteiger partial charge < -0.3 is 26.6 Å². The van der Waals surface area contributed by atoms with Gasteiger partial charge >= 0.3 is 0 Å². The molecule has 2 atom stereocenters. The van der Waals surface area contributed by atoms with Gasteiger partial charge in [-0.1, -0.05) is 39.8 Å². The molecule has 0 radical (unpaired) electrons. The van der Waals surface area contributed by atoms with E-state index in [-0.39, 0.29) is 11.6 Å². The predicted molar refractivity (Wildman–Crippen MR) is 130 cm³/mol. The molecule has 2 rings (SSSR count). The smallest absolute Gasteiger partial charge is 0.259 e. The number of rotatable bonds is 6. The average molecular weight is 452 g/mol. The lowest BCUT2D eigenvalue weighted by Gasteiger charge is -2.11. The molecule has 32 heavy (non-hydrogen) atoms. The molecule has 0 spiro atoms. The van der Waals surface area contributed by atoms with Gasteiger partial charge in [-0.3, -0.25) is 14.7 Å². The Balaban J connectivity index is 0. The van der Waals surface area contributed by atoms with E-state index in [1.165, 1.54) is 13.3 Å². The maximum Gasteiger partial charge on any atom is 0.259 e. The molecule has 0 saturated carbocycles. The first-order valence-corrected chi connectivity index (χ1v) is 10.8. The number of nitrogens with two attached hydrogens (primary N) is 2. The number of nitrogens with one attached hydrogen (secondary N) is 2. The number of aliphatic hydroxyl groups is 1. The summed E-state index contributed by atoms with van der Waals surface area (Å²) in [6, 6.07) is 0.384. The van der Waals surface area contributed by atoms with Crippen LogP contribution in [0.3, 0.4) is 0 Å². The number of methoxy groups -OCH3 is 1. The third kappa shape index (κ3) is 14.3. The van der Waals surface area contributed by atoms with E-state index in [1.54, 1.807) is 19.1 Å². The maximum absolute atomic E-state index is 12.2. The molecule has 1 heterocycles. The first kappa shape index (κ1) is 31.4. The highest BCUT2D eigenvalue weighted by Crippen LogP contribution is 2.17. The van der Waals surface area contributed by atoms with E-state index < -0.39 is 5.72 Å². The quantitative estimate of drug-likeness (QED) is 0.327. The first-order valence-electron chi connectivity index (χ1n) is 10.8. The van der Waals surface area contributed by atoms with Crippen molar-refractivity contribution in [3.05, 3.63) is 47.5 Å². The summed E-state index contributed by atoms with van der Waals surface area (Å²) in [6.07, 6.45) is 11.6. The predicted octanol–water partition coefficient (Wildman–Crippen LogP) is 3.41. The molecular weight excluding hydrogens is 410 g/mol. The van der Waals surface area contributed by atoms with Crippen molar-refractivity contribution in [2.75, 3.05) is 12.4 Å². The Bertz CT molecular complexity index is 744. The summed E-state index contributed by atoms with van der Waals surface area (Å²) in [5.74, 6) is 0.117. The van der Waals surface area contributed by atoms with Gasteiger partial charge in [-0.15, -0.1) is 0 Å². The van der Waals surface area contributed by atoms with Gasteiger partial charge in [-0.2, -0.15) is 5.10 Å². The molecule has 1 unspecified atom stereocenters. The van der Waals surface area contributed by atoms with Crippen LogP contribution in [0.15, 0.2) is 41.8 Å². The highest BCUT2D eigenvalue weighted by atomic mass is 16.5. The molecule has 0 aliphatic heterocycles. The second kappa shape index (κ2) is 17.9. The molecule has 1 amide bonds. The van der Waals surface area contributed by atoms with E-state index in [2.05, 4.69) is 22.4 Å². The number of aldehydes is 1. The minimum atomic E-state index is -0.958. The van der Waals surface area contributed by atoms with E-state index >= 15 is 0 Å². The molecule has 1 aliphatic carbocycles. The van der Waals surface area contributed by atoms with E-state index in [1.807, 2.05) is 39.8 Å². The highest BCUT2D eigenvalue weighted by molar-refractivity contribution is 6.07. The number of carbonyl (C=O) groups excluding carboxylic acids is 2. The third-order valence-corrected chi connectivity index (χ3v) is 3.95. The molecule has 9 nitrogen and oxygen atoms in total. The van der Waals surface area contributed by atoms with Crippen LogP contribution in [0.25, 0.3) is 0 Å². The van der Waals surface area contributed by atoms with E-state index in [0.29, 0.717) is 35.8 Å². The fourth-order valence-corrected chi connectivity index (χ4v) is 1.65. The van der Waals surface area contributed by atoms with Gasteiger partial charge in [0.25, 0.3) is 5.91 Å². The Morgan fingerprint density at radius 3 is 2.34 bits per heavy atom. The fraction of sp³-hybridized carbons (Fsp3) is 0.522. The number of nitrogens with zero attached hydrogens (tertiary/aromatic N) is 1. The molecule has 0 fully saturated rings. The van der Waals surface area contributed by atoms with Crippen molar-refractivity contribution in [3.63, 3.8) is 0 Å². The summed E-state index contributed by atoms with van der Waals surface area (Å²) >= 11 is 0. The van der Waals surface area contributed by atoms with Gasteiger partial charge in [-0.05, 0) is 45.3 Å². The summed E-state index contributed by atoms with van der Waals surface area (Å²) in [5.41, 5.74) is 10.4. The van der Waals surface area contributed by atoms with Crippen molar-refractivity contribution in [2.24, 2.45) is 11.5 Å². The van der Waals surface area contributed by atoms with E-state index in [4.69, 9.17) is 21.3 Å². The van der Waals surface area contributed by atoms with Crippen molar-refractivity contribution in [3.8, 4) is 0 Å². The number of allylic oxidation sites excluding steroid dienone is 3. The lowest BCUT2D eigenvalue weighted by Crippen LogP contribution is -2.34. The van der Waals surface area contributed by atoms with Crippen molar-refractivity contribution in [1.29, 1.82) is 0 Å². The molecule has 0 saturated heterocycles. The van der Waals surface area contributed by atoms with Gasteiger partial charge in [0.15, 0.2) is 6.29 Å². The minimum absolute atomic E-state index is 0.223. The van der Waals surface area contributed by atoms with Gasteiger partial charge in [-0.25, -0.2) is 0 Å². The Kier molecular flexibility index (Phi) is 17.6. The zero-order valence-corrected chi connectivity index (χ0v) is 20.4. The van der Waals surface area contributed by atoms with Crippen LogP contribution in [0.4, 0.5) is 5.69 Å². The molecular formula is C23H41N5O4. The lowest BCUT2D eigenvalue weighted by molar-refractivity contribution is -0.112. The van der Waals surface area contributed by atoms with Crippen LogP contribution >= 0.6 is 0 Å². The molecule has 9 heteroatoms. The Hall–Kier alpha value is -2.75. The van der Waals surface area contributed by atoms with Crippen LogP contribution in [0.5, 0.6) is 0 Å². The topological polar surface area (TPSA) is 156 Å². The largest absolute Gasteiger partial charge is 0.496 e. The van der Waals surface area contributed by atoms with Crippen molar-refractivity contribution in [1.82, 2.24) is 10.2 Å². The number of aromatic amines is 1. The molecule has 1 aromatic heterocycles. The van der Waals surface area contributed by atoms with Gasteiger partial charge in [0.05, 0.1) is 24.6 Å². The Morgan fingerprint density at radius 1 is 1.38 bits per heavy atom. The van der Waals surface area contributed by atoms with Crippen LogP contribution in [0.2, 0.25) is 0 Å². The summed E-state index contributed by atoms with van der Waals surface area (Å²) in [5, 5.41) is 17.4. The first-order chi connectivity index (χ1) is 15.1. The van der Waals surface area contributed by atoms with E-state index in [9.17, 15) is 9.59 Å². The van der Waals surface area contributed by atoms with Crippen LogP contribution in [-0.4, -0.2) is 46.4 Å². The third-order valence-electron chi connectivity index (χ3n) is 3.95. The van der Waals surface area contributed by atoms with Gasteiger partial charge in [0, 0.05) is 6.04 Å². The van der Waals surface area contributed by atoms with Crippen LogP contribution in [0.1, 0.15) is 71.3 Å². The molecule has 1 aromatic rings. The number of hydrogen-bond acceptors (Lipinski definition) is 7. The van der Waals surface area contributed by atoms with Crippen LogP contribution in [-0.2, 0) is 9.53 Å². The van der Waals surface area contributed by atoms with Crippen molar-refractivity contribution in [2.45, 2.75) is 72.6 Å². The summed E-state index contributed by atoms with van der Waals surface area (Å²) in [4.78, 5) is 22.9. The SMILES string of the molecule is CC.CCC(C)(N)O.CC[C@@H](C)N.COC1=C(C(=O)Nc2cn[nH]c2C=O)C=CCC=C1. The fourth-order valence-electron chi connectivity index (χ4n) is 1.65. The molecule has 0 aromatic carbocycles. The number of H-pyrrole nitrogens is 1. The second-order valence-corrected chi connectivity index (χ2v) is 6.89. The summed E-state index contributed by atoms with van der Waals surface area (Å²) in [7, 11) is 1.50. The van der Waals surface area contributed by atoms with Crippen LogP contribution in [0, 0.1) is 0 Å². The van der Waals surface area contributed by atoms with Crippen molar-refractivity contribution < 1.29 is 19.4 Å². The van der Waals surface area contributed by atoms with Crippen molar-refractivity contribution >= 4 is 17.9 Å². The standard InChI is InChI=1S/C13H13N3O3.C4H11NO.C4H11N.C2H6/c1-19-12-6-4-2-3-5-9(12)13(18)15-10-7-14-16-11(10)8-17;1-3-4(2,5)6;1-3-4(2)5;1-2/h3-8H,2H2,1H3,(H,14,16)(H,15,18);6H,3,5H2,1-2H3;4H,3,5H2,1-2H3;1-2H3/t;;4-;/m..1./s1. The van der Waals surface area contributed by atoms with Crippen LogP contribution < -0.4 is 16.8 Å². The second-order valence-electron chi connectivity index (χ2n) is 6.89. The maximum atomic E-state index is 12.2. The number of anilines is 1. The Morgan fingerprint density at radius 2 is 1.91 bits per heavy atom. The van der Waals surface area contributed by atoms with Gasteiger partial charge in [0.1, 0.15) is 17.2 Å². The molecule has 182 valence electrons. The number of carbonyl (C=O) groups is 2. The van der Waals surface area contributed by atoms with Gasteiger partial charge in [0.2, 0.25) is 0 Å². The monoisotopic (exact) mass is 451 g/mol. The van der Waals surface area contributed by atoms with E-state index in [0.717, 1.165) is 12.8 Å². The highest BCUT2D eigenvalue weighted by Gasteiger charge is 2.15. The summed E-state index contributed by atoms with van der Waals surface area (Å²) < 4.78 is 5.17. The molecule has 1 aliphatic rings. The number of ether oxygens (including phenoxy) is 1. The zero-order valence-electron chi connectivity index (χ0n) is 20.4. The lowest BCUT2D eigenvalue weighted by atomic mass is 10.2. The number of amides is 1. The normalized spacial score (nSPS) is 14.7. The minimum Gasteiger partial charge on any atom is -0.496 e. The molecule has 0 bridgehead atoms. The zero-order chi connectivity index (χ0) is 25.2. The average Bonchev–Trinajstić information content (AvgIpc) is 3.08. The Labute approximate surface area is 192 Å². The number of hydrogen-bond donors (Lipinski definition) is 5. The summed E-state index contributed by atoms with van der Waals surface area (Å²) in [6.45, 7) is 11.5. The molecule has 7 N–H and O–H groups in total. The number of aromatic nitrogens is 2.